The number of alkyl halides is 3. The first kappa shape index (κ1) is 15.7. The minimum Gasteiger partial charge on any atom is -0.399 e. The van der Waals surface area contributed by atoms with Crippen LogP contribution in [0.15, 0.2) is 29.2 Å². The quantitative estimate of drug-likeness (QED) is 0.788. The lowest BCUT2D eigenvalue weighted by Gasteiger charge is -2.22. The van der Waals surface area contributed by atoms with Crippen molar-refractivity contribution in [2.75, 3.05) is 25.4 Å². The largest absolute Gasteiger partial charge is 0.402 e. The van der Waals surface area contributed by atoms with Gasteiger partial charge in [-0.2, -0.15) is 17.5 Å². The molecule has 0 aliphatic carbocycles. The van der Waals surface area contributed by atoms with Gasteiger partial charge >= 0.3 is 6.18 Å². The van der Waals surface area contributed by atoms with E-state index >= 15 is 0 Å². The van der Waals surface area contributed by atoms with E-state index in [-0.39, 0.29) is 9.20 Å². The molecule has 19 heavy (non-hydrogen) atoms. The molecular formula is C10H13F3N2O3S. The molecule has 1 aromatic rings. The number of anilines is 1. The zero-order chi connectivity index (χ0) is 14.7. The molecule has 0 saturated carbocycles. The van der Waals surface area contributed by atoms with Crippen molar-refractivity contribution in [2.45, 2.75) is 11.1 Å². The van der Waals surface area contributed by atoms with Gasteiger partial charge in [0.05, 0.1) is 11.5 Å². The van der Waals surface area contributed by atoms with Crippen LogP contribution in [0.25, 0.3) is 0 Å². The first-order valence-corrected chi connectivity index (χ1v) is 6.64. The Bertz CT molecular complexity index is 514. The number of hydrogen-bond donors (Lipinski definition) is 2. The summed E-state index contributed by atoms with van der Waals surface area (Å²) in [6.45, 7) is -2.99. The van der Waals surface area contributed by atoms with Gasteiger partial charge in [-0.3, -0.25) is 0 Å². The van der Waals surface area contributed by atoms with Gasteiger partial charge in [-0.25, -0.2) is 8.42 Å². The fourth-order valence-electron chi connectivity index (χ4n) is 1.38. The molecule has 108 valence electrons. The van der Waals surface area contributed by atoms with Crippen LogP contribution in [-0.2, 0) is 10.0 Å². The lowest BCUT2D eigenvalue weighted by molar-refractivity contribution is -0.136. The van der Waals surface area contributed by atoms with E-state index in [4.69, 9.17) is 10.8 Å². The fourth-order valence-corrected chi connectivity index (χ4v) is 2.80. The minimum atomic E-state index is -4.68. The Hall–Kier alpha value is -1.32. The summed E-state index contributed by atoms with van der Waals surface area (Å²) in [7, 11) is -4.32. The first-order chi connectivity index (χ1) is 8.66. The summed E-state index contributed by atoms with van der Waals surface area (Å²) < 4.78 is 61.1. The van der Waals surface area contributed by atoms with Gasteiger partial charge in [-0.15, -0.1) is 0 Å². The third-order valence-corrected chi connectivity index (χ3v) is 4.08. The average molecular weight is 298 g/mol. The van der Waals surface area contributed by atoms with E-state index < -0.39 is 35.9 Å². The van der Waals surface area contributed by atoms with Crippen LogP contribution >= 0.6 is 0 Å². The van der Waals surface area contributed by atoms with Crippen molar-refractivity contribution in [3.05, 3.63) is 24.3 Å². The molecule has 0 spiro atoms. The monoisotopic (exact) mass is 298 g/mol. The Balaban J connectivity index is 3.09. The lowest BCUT2D eigenvalue weighted by atomic mass is 10.3. The summed E-state index contributed by atoms with van der Waals surface area (Å²) in [5.74, 6) is 0. The average Bonchev–Trinajstić information content (AvgIpc) is 2.27. The smallest absolute Gasteiger partial charge is 0.399 e. The zero-order valence-corrected chi connectivity index (χ0v) is 10.6. The van der Waals surface area contributed by atoms with E-state index in [1.807, 2.05) is 0 Å². The van der Waals surface area contributed by atoms with Gasteiger partial charge in [0.25, 0.3) is 0 Å². The number of halogens is 3. The van der Waals surface area contributed by atoms with Crippen molar-refractivity contribution in [1.82, 2.24) is 4.31 Å². The molecule has 0 aliphatic rings. The number of nitrogens with zero attached hydrogens (tertiary/aromatic N) is 1. The highest BCUT2D eigenvalue weighted by molar-refractivity contribution is 7.89. The Morgan fingerprint density at radius 3 is 2.16 bits per heavy atom. The second kappa shape index (κ2) is 5.76. The van der Waals surface area contributed by atoms with E-state index in [0.29, 0.717) is 5.69 Å². The lowest BCUT2D eigenvalue weighted by Crippen LogP contribution is -2.40. The van der Waals surface area contributed by atoms with Gasteiger partial charge in [0.2, 0.25) is 10.0 Å². The maximum atomic E-state index is 12.3. The Kier molecular flexibility index (Phi) is 4.77. The maximum Gasteiger partial charge on any atom is 0.402 e. The van der Waals surface area contributed by atoms with Gasteiger partial charge in [-0.1, -0.05) is 0 Å². The van der Waals surface area contributed by atoms with Crippen LogP contribution in [0.5, 0.6) is 0 Å². The highest BCUT2D eigenvalue weighted by Gasteiger charge is 2.36. The number of benzene rings is 1. The van der Waals surface area contributed by atoms with Crippen LogP contribution < -0.4 is 5.73 Å². The second-order valence-corrected chi connectivity index (χ2v) is 5.68. The summed E-state index contributed by atoms with van der Waals surface area (Å²) in [4.78, 5) is -0.306. The number of sulfonamides is 1. The molecule has 0 saturated heterocycles. The van der Waals surface area contributed by atoms with Crippen LogP contribution in [-0.4, -0.2) is 43.7 Å². The molecule has 9 heteroatoms. The normalized spacial score (nSPS) is 12.9. The van der Waals surface area contributed by atoms with E-state index in [9.17, 15) is 21.6 Å². The molecule has 0 aromatic heterocycles. The van der Waals surface area contributed by atoms with E-state index in [1.165, 1.54) is 12.1 Å². The van der Waals surface area contributed by atoms with Crippen molar-refractivity contribution in [1.29, 1.82) is 0 Å². The molecule has 3 N–H and O–H groups in total. The molecule has 1 aromatic carbocycles. The van der Waals surface area contributed by atoms with Gasteiger partial charge < -0.3 is 10.8 Å². The van der Waals surface area contributed by atoms with Gasteiger partial charge in [-0.05, 0) is 24.3 Å². The molecule has 0 unspecified atom stereocenters. The van der Waals surface area contributed by atoms with E-state index in [0.717, 1.165) is 12.1 Å². The first-order valence-electron chi connectivity index (χ1n) is 5.20. The molecule has 1 rings (SSSR count). The van der Waals surface area contributed by atoms with Crippen molar-refractivity contribution < 1.29 is 26.7 Å². The molecule has 0 heterocycles. The van der Waals surface area contributed by atoms with Gasteiger partial charge in [0, 0.05) is 12.2 Å². The van der Waals surface area contributed by atoms with Crippen LogP contribution in [0, 0.1) is 0 Å². The Labute approximate surface area is 108 Å². The number of nitrogens with two attached hydrogens (primary N) is 1. The number of nitrogen functional groups attached to an aromatic ring is 1. The Morgan fingerprint density at radius 1 is 1.21 bits per heavy atom. The number of aliphatic hydroxyl groups excluding tert-OH is 1. The predicted molar refractivity (Wildman–Crippen MR) is 62.8 cm³/mol. The van der Waals surface area contributed by atoms with Crippen LogP contribution in [0.4, 0.5) is 18.9 Å². The van der Waals surface area contributed by atoms with Crippen LogP contribution in [0.3, 0.4) is 0 Å². The molecule has 0 radical (unpaired) electrons. The van der Waals surface area contributed by atoms with Crippen molar-refractivity contribution >= 4 is 15.7 Å². The molecule has 0 fully saturated rings. The third-order valence-electron chi connectivity index (χ3n) is 2.22. The molecule has 0 atom stereocenters. The zero-order valence-electron chi connectivity index (χ0n) is 9.76. The van der Waals surface area contributed by atoms with E-state index in [2.05, 4.69) is 0 Å². The van der Waals surface area contributed by atoms with E-state index in [1.54, 1.807) is 0 Å². The SMILES string of the molecule is Nc1ccc(S(=O)(=O)N(CCO)CC(F)(F)F)cc1. The summed E-state index contributed by atoms with van der Waals surface area (Å²) in [5, 5.41) is 8.69. The highest BCUT2D eigenvalue weighted by atomic mass is 32.2. The highest BCUT2D eigenvalue weighted by Crippen LogP contribution is 2.22. The fraction of sp³-hybridized carbons (Fsp3) is 0.400. The predicted octanol–water partition coefficient (Wildman–Crippen LogP) is 0.814. The standard InChI is InChI=1S/C10H13F3N2O3S/c11-10(12,13)7-15(5-6-16)19(17,18)9-3-1-8(14)2-4-9/h1-4,16H,5-7,14H2. The number of rotatable bonds is 5. The summed E-state index contributed by atoms with van der Waals surface area (Å²) >= 11 is 0. The molecular weight excluding hydrogens is 285 g/mol. The Morgan fingerprint density at radius 2 is 1.74 bits per heavy atom. The summed E-state index contributed by atoms with van der Waals surface area (Å²) in [5.41, 5.74) is 5.67. The summed E-state index contributed by atoms with van der Waals surface area (Å²) in [6, 6.07) is 4.78. The number of aliphatic hydroxyl groups is 1. The molecule has 0 aliphatic heterocycles. The van der Waals surface area contributed by atoms with Crippen molar-refractivity contribution in [2.24, 2.45) is 0 Å². The molecule has 0 bridgehead atoms. The van der Waals surface area contributed by atoms with Gasteiger partial charge in [0.1, 0.15) is 6.54 Å². The number of hydrogen-bond acceptors (Lipinski definition) is 4. The maximum absolute atomic E-state index is 12.3. The van der Waals surface area contributed by atoms with Crippen molar-refractivity contribution in [3.8, 4) is 0 Å². The topological polar surface area (TPSA) is 83.6 Å². The second-order valence-electron chi connectivity index (χ2n) is 3.75. The molecule has 5 nitrogen and oxygen atoms in total. The summed E-state index contributed by atoms with van der Waals surface area (Å²) in [6.07, 6.45) is -4.68. The minimum absolute atomic E-state index is 0.179. The van der Waals surface area contributed by atoms with Gasteiger partial charge in [0.15, 0.2) is 0 Å². The van der Waals surface area contributed by atoms with Crippen LogP contribution in [0.1, 0.15) is 0 Å². The molecule has 0 amide bonds. The van der Waals surface area contributed by atoms with Crippen molar-refractivity contribution in [3.63, 3.8) is 0 Å². The van der Waals surface area contributed by atoms with Crippen LogP contribution in [0.2, 0.25) is 0 Å². The third kappa shape index (κ3) is 4.37.